The molecule has 0 unspecified atom stereocenters. The van der Waals surface area contributed by atoms with Crippen LogP contribution in [-0.2, 0) is 0 Å². The Labute approximate surface area is 106 Å². The Bertz CT molecular complexity index is 357. The molecule has 0 aliphatic carbocycles. The molecule has 1 aliphatic heterocycles. The molecular weight excluding hydrogens is 264 g/mol. The number of nitrogens with zero attached hydrogens (tertiary/aromatic N) is 1. The minimum absolute atomic E-state index is 0.103. The van der Waals surface area contributed by atoms with Gasteiger partial charge in [-0.1, -0.05) is 6.07 Å². The van der Waals surface area contributed by atoms with Crippen molar-refractivity contribution < 1.29 is 0 Å². The molecule has 0 amide bonds. The van der Waals surface area contributed by atoms with Gasteiger partial charge >= 0.3 is 0 Å². The van der Waals surface area contributed by atoms with Gasteiger partial charge in [0.1, 0.15) is 0 Å². The highest BCUT2D eigenvalue weighted by atomic mass is 79.9. The summed E-state index contributed by atoms with van der Waals surface area (Å²) in [6.45, 7) is 4.37. The van der Waals surface area contributed by atoms with E-state index >= 15 is 0 Å². The van der Waals surface area contributed by atoms with Crippen LogP contribution >= 0.6 is 15.9 Å². The maximum Gasteiger partial charge on any atom is 0.0510 e. The summed E-state index contributed by atoms with van der Waals surface area (Å²) >= 11 is 3.65. The number of rotatable bonds is 2. The second-order valence-electron chi connectivity index (χ2n) is 4.55. The minimum atomic E-state index is 0.103. The van der Waals surface area contributed by atoms with E-state index in [9.17, 15) is 0 Å². The van der Waals surface area contributed by atoms with Crippen LogP contribution in [0.25, 0.3) is 0 Å². The first-order chi connectivity index (χ1) is 7.68. The lowest BCUT2D eigenvalue weighted by molar-refractivity contribution is 0.577. The third-order valence-corrected chi connectivity index (χ3v) is 3.83. The lowest BCUT2D eigenvalue weighted by Crippen LogP contribution is -2.29. The van der Waals surface area contributed by atoms with Crippen molar-refractivity contribution >= 4 is 21.6 Å². The topological polar surface area (TPSA) is 29.3 Å². The first-order valence-electron chi connectivity index (χ1n) is 5.98. The van der Waals surface area contributed by atoms with E-state index in [1.54, 1.807) is 0 Å². The molecule has 1 saturated heterocycles. The predicted molar refractivity (Wildman–Crippen MR) is 72.8 cm³/mol. The Balaban J connectivity index is 2.21. The van der Waals surface area contributed by atoms with Crippen LogP contribution in [0.15, 0.2) is 22.7 Å². The van der Waals surface area contributed by atoms with Crippen LogP contribution in [0.2, 0.25) is 0 Å². The number of halogens is 1. The molecule has 1 fully saturated rings. The van der Waals surface area contributed by atoms with Gasteiger partial charge in [0, 0.05) is 23.6 Å². The molecular formula is C13H19BrN2. The van der Waals surface area contributed by atoms with Crippen molar-refractivity contribution in [2.45, 2.75) is 32.2 Å². The van der Waals surface area contributed by atoms with Gasteiger partial charge in [0.05, 0.1) is 5.69 Å². The van der Waals surface area contributed by atoms with Crippen LogP contribution in [0.1, 0.15) is 37.8 Å². The second-order valence-corrected chi connectivity index (χ2v) is 5.40. The van der Waals surface area contributed by atoms with Crippen LogP contribution in [0.4, 0.5) is 5.69 Å². The molecule has 0 bridgehead atoms. The summed E-state index contributed by atoms with van der Waals surface area (Å²) in [5.74, 6) is 0. The largest absolute Gasteiger partial charge is 0.371 e. The number of piperidine rings is 1. The Morgan fingerprint density at radius 1 is 1.25 bits per heavy atom. The lowest BCUT2D eigenvalue weighted by Gasteiger charge is -2.30. The van der Waals surface area contributed by atoms with E-state index in [0.29, 0.717) is 0 Å². The molecule has 88 valence electrons. The molecule has 0 aromatic heterocycles. The smallest absolute Gasteiger partial charge is 0.0510 e. The maximum atomic E-state index is 5.88. The Morgan fingerprint density at radius 2 is 1.94 bits per heavy atom. The monoisotopic (exact) mass is 282 g/mol. The van der Waals surface area contributed by atoms with Crippen molar-refractivity contribution in [3.63, 3.8) is 0 Å². The summed E-state index contributed by atoms with van der Waals surface area (Å²) in [6, 6.07) is 6.58. The normalized spacial score (nSPS) is 18.6. The molecule has 1 aliphatic rings. The van der Waals surface area contributed by atoms with Crippen LogP contribution in [0, 0.1) is 0 Å². The van der Waals surface area contributed by atoms with Crippen molar-refractivity contribution in [3.05, 3.63) is 28.2 Å². The zero-order valence-electron chi connectivity index (χ0n) is 9.75. The molecule has 1 atom stereocenters. The zero-order chi connectivity index (χ0) is 11.5. The minimum Gasteiger partial charge on any atom is -0.371 e. The highest BCUT2D eigenvalue weighted by Crippen LogP contribution is 2.30. The van der Waals surface area contributed by atoms with Crippen LogP contribution in [0.5, 0.6) is 0 Å². The zero-order valence-corrected chi connectivity index (χ0v) is 11.3. The molecule has 1 aromatic rings. The van der Waals surface area contributed by atoms with Crippen molar-refractivity contribution in [1.82, 2.24) is 0 Å². The third-order valence-electron chi connectivity index (χ3n) is 3.19. The molecule has 2 N–H and O–H groups in total. The van der Waals surface area contributed by atoms with Crippen molar-refractivity contribution in [2.24, 2.45) is 5.73 Å². The fourth-order valence-corrected chi connectivity index (χ4v) is 2.84. The van der Waals surface area contributed by atoms with E-state index in [1.165, 1.54) is 48.1 Å². The van der Waals surface area contributed by atoms with E-state index < -0.39 is 0 Å². The van der Waals surface area contributed by atoms with Gasteiger partial charge in [-0.15, -0.1) is 0 Å². The first-order valence-corrected chi connectivity index (χ1v) is 6.78. The maximum absolute atomic E-state index is 5.88. The SMILES string of the molecule is C[C@H](N)c1ccc(N2CCCCC2)c(Br)c1. The summed E-state index contributed by atoms with van der Waals surface area (Å²) in [5, 5.41) is 0. The highest BCUT2D eigenvalue weighted by Gasteiger charge is 2.14. The van der Waals surface area contributed by atoms with Gasteiger partial charge in [0.25, 0.3) is 0 Å². The molecule has 0 radical (unpaired) electrons. The van der Waals surface area contributed by atoms with E-state index in [2.05, 4.69) is 39.0 Å². The first kappa shape index (κ1) is 11.9. The van der Waals surface area contributed by atoms with Gasteiger partial charge in [-0.25, -0.2) is 0 Å². The summed E-state index contributed by atoms with van der Waals surface area (Å²) < 4.78 is 1.17. The molecule has 3 heteroatoms. The van der Waals surface area contributed by atoms with E-state index in [4.69, 9.17) is 5.73 Å². The Kier molecular flexibility index (Phi) is 3.87. The third kappa shape index (κ3) is 2.58. The molecule has 16 heavy (non-hydrogen) atoms. The van der Waals surface area contributed by atoms with Crippen molar-refractivity contribution in [1.29, 1.82) is 0 Å². The Morgan fingerprint density at radius 3 is 2.50 bits per heavy atom. The molecule has 2 nitrogen and oxygen atoms in total. The predicted octanol–water partition coefficient (Wildman–Crippen LogP) is 3.46. The Hall–Kier alpha value is -0.540. The number of anilines is 1. The molecule has 0 saturated carbocycles. The highest BCUT2D eigenvalue weighted by molar-refractivity contribution is 9.10. The quantitative estimate of drug-likeness (QED) is 0.900. The van der Waals surface area contributed by atoms with Gasteiger partial charge in [0.2, 0.25) is 0 Å². The average Bonchev–Trinajstić information content (AvgIpc) is 2.30. The second kappa shape index (κ2) is 5.19. The van der Waals surface area contributed by atoms with Crippen LogP contribution in [-0.4, -0.2) is 13.1 Å². The fraction of sp³-hybridized carbons (Fsp3) is 0.538. The van der Waals surface area contributed by atoms with Gasteiger partial charge in [-0.3, -0.25) is 0 Å². The van der Waals surface area contributed by atoms with Gasteiger partial charge < -0.3 is 10.6 Å². The standard InChI is InChI=1S/C13H19BrN2/c1-10(15)11-5-6-13(12(14)9-11)16-7-3-2-4-8-16/h5-6,9-10H,2-4,7-8,15H2,1H3/t10-/m0/s1. The van der Waals surface area contributed by atoms with Crippen molar-refractivity contribution in [2.75, 3.05) is 18.0 Å². The van der Waals surface area contributed by atoms with E-state index in [1.807, 2.05) is 6.92 Å². The van der Waals surface area contributed by atoms with E-state index in [-0.39, 0.29) is 6.04 Å². The molecule has 2 rings (SSSR count). The number of hydrogen-bond donors (Lipinski definition) is 1. The van der Waals surface area contributed by atoms with E-state index in [0.717, 1.165) is 0 Å². The lowest BCUT2D eigenvalue weighted by atomic mass is 10.1. The van der Waals surface area contributed by atoms with Crippen LogP contribution in [0.3, 0.4) is 0 Å². The van der Waals surface area contributed by atoms with Gasteiger partial charge in [-0.05, 0) is 59.8 Å². The van der Waals surface area contributed by atoms with Gasteiger partial charge in [-0.2, -0.15) is 0 Å². The number of benzene rings is 1. The molecule has 1 heterocycles. The summed E-state index contributed by atoms with van der Waals surface area (Å²) in [6.07, 6.45) is 3.98. The summed E-state index contributed by atoms with van der Waals surface area (Å²) in [4.78, 5) is 2.46. The number of hydrogen-bond acceptors (Lipinski definition) is 2. The fourth-order valence-electron chi connectivity index (χ4n) is 2.20. The van der Waals surface area contributed by atoms with Crippen LogP contribution < -0.4 is 10.6 Å². The molecule has 1 aromatic carbocycles. The summed E-state index contributed by atoms with van der Waals surface area (Å²) in [7, 11) is 0. The molecule has 0 spiro atoms. The average molecular weight is 283 g/mol. The number of nitrogens with two attached hydrogens (primary N) is 1. The summed E-state index contributed by atoms with van der Waals surface area (Å²) in [5.41, 5.74) is 8.37. The van der Waals surface area contributed by atoms with Crippen molar-refractivity contribution in [3.8, 4) is 0 Å². The van der Waals surface area contributed by atoms with Gasteiger partial charge in [0.15, 0.2) is 0 Å².